The molecule has 2 rings (SSSR count). The van der Waals surface area contributed by atoms with Crippen molar-refractivity contribution in [2.24, 2.45) is 10.8 Å². The fourth-order valence-electron chi connectivity index (χ4n) is 2.49. The first kappa shape index (κ1) is 13.4. The molecular weight excluding hydrogens is 263 g/mol. The van der Waals surface area contributed by atoms with E-state index in [0.29, 0.717) is 6.42 Å². The van der Waals surface area contributed by atoms with Crippen LogP contribution in [0.2, 0.25) is 0 Å². The summed E-state index contributed by atoms with van der Waals surface area (Å²) in [5.74, 6) is 0. The van der Waals surface area contributed by atoms with Crippen molar-refractivity contribution in [3.63, 3.8) is 0 Å². The van der Waals surface area contributed by atoms with Crippen molar-refractivity contribution in [3.8, 4) is 0 Å². The molecular formula is C12H17NOY-2. The van der Waals surface area contributed by atoms with Gasteiger partial charge >= 0.3 is 0 Å². The van der Waals surface area contributed by atoms with Crippen LogP contribution in [0.5, 0.6) is 0 Å². The second kappa shape index (κ2) is 3.98. The van der Waals surface area contributed by atoms with Gasteiger partial charge in [-0.2, -0.15) is 6.42 Å². The van der Waals surface area contributed by atoms with Gasteiger partial charge in [0.25, 0.3) is 0 Å². The Kier molecular flexibility index (Phi) is 3.55. The Morgan fingerprint density at radius 1 is 1.33 bits per heavy atom. The van der Waals surface area contributed by atoms with E-state index in [0.717, 1.165) is 11.4 Å². The third-order valence-electron chi connectivity index (χ3n) is 3.93. The van der Waals surface area contributed by atoms with Gasteiger partial charge in [-0.1, -0.05) is 33.1 Å². The molecule has 0 aromatic rings. The van der Waals surface area contributed by atoms with E-state index in [-0.39, 0.29) is 49.6 Å². The van der Waals surface area contributed by atoms with Crippen LogP contribution in [0.15, 0.2) is 24.6 Å². The van der Waals surface area contributed by atoms with Gasteiger partial charge in [0, 0.05) is 32.7 Å². The number of hydrogen-bond acceptors (Lipinski definition) is 2. The van der Waals surface area contributed by atoms with Crippen LogP contribution in [0.25, 0.3) is 0 Å². The smallest absolute Gasteiger partial charge is 0 e. The zero-order valence-corrected chi connectivity index (χ0v) is 12.2. The number of aliphatic hydroxyl groups excluding tert-OH is 1. The van der Waals surface area contributed by atoms with Crippen molar-refractivity contribution in [1.82, 2.24) is 5.32 Å². The molecule has 2 nitrogen and oxygen atoms in total. The van der Waals surface area contributed by atoms with E-state index in [1.54, 1.807) is 0 Å². The van der Waals surface area contributed by atoms with Crippen LogP contribution in [0.4, 0.5) is 0 Å². The molecule has 81 valence electrons. The van der Waals surface area contributed by atoms with Crippen LogP contribution in [-0.4, -0.2) is 11.2 Å². The molecule has 0 aromatic carbocycles. The molecule has 2 aliphatic rings. The number of hydrogen-bond donors (Lipinski definition) is 2. The number of nitrogens with one attached hydrogen (secondary N) is 1. The van der Waals surface area contributed by atoms with E-state index >= 15 is 0 Å². The number of allylic oxidation sites excluding steroid dienone is 2. The molecule has 0 aromatic heterocycles. The monoisotopic (exact) mass is 280 g/mol. The summed E-state index contributed by atoms with van der Waals surface area (Å²) in [7, 11) is 0. The molecule has 15 heavy (non-hydrogen) atoms. The van der Waals surface area contributed by atoms with Crippen LogP contribution < -0.4 is 5.32 Å². The third-order valence-corrected chi connectivity index (χ3v) is 3.93. The van der Waals surface area contributed by atoms with Gasteiger partial charge in [0.1, 0.15) is 0 Å². The van der Waals surface area contributed by atoms with Crippen molar-refractivity contribution >= 4 is 0 Å². The summed E-state index contributed by atoms with van der Waals surface area (Å²) in [6.07, 6.45) is 4.45. The first-order valence-electron chi connectivity index (χ1n) is 4.94. The first-order valence-corrected chi connectivity index (χ1v) is 4.94. The minimum atomic E-state index is -0.363. The second-order valence-corrected chi connectivity index (χ2v) is 4.66. The van der Waals surface area contributed by atoms with Crippen molar-refractivity contribution in [3.05, 3.63) is 37.4 Å². The van der Waals surface area contributed by atoms with Crippen molar-refractivity contribution < 1.29 is 37.8 Å². The van der Waals surface area contributed by atoms with E-state index in [4.69, 9.17) is 0 Å². The molecule has 1 aliphatic heterocycles. The Balaban J connectivity index is 0.00000112. The Morgan fingerprint density at radius 3 is 2.47 bits per heavy atom. The van der Waals surface area contributed by atoms with E-state index in [9.17, 15) is 5.11 Å². The summed E-state index contributed by atoms with van der Waals surface area (Å²) >= 11 is 0. The average molecular weight is 280 g/mol. The second-order valence-electron chi connectivity index (χ2n) is 4.66. The number of aliphatic hydroxyl groups is 1. The Labute approximate surface area is 117 Å². The molecule has 1 saturated heterocycles. The van der Waals surface area contributed by atoms with Gasteiger partial charge in [0.15, 0.2) is 0 Å². The summed E-state index contributed by atoms with van der Waals surface area (Å²) in [6, 6.07) is 0. The quantitative estimate of drug-likeness (QED) is 0.663. The van der Waals surface area contributed by atoms with Crippen molar-refractivity contribution in [1.29, 1.82) is 0 Å². The molecule has 2 N–H and O–H groups in total. The van der Waals surface area contributed by atoms with Gasteiger partial charge in [-0.15, -0.1) is 10.8 Å². The summed E-state index contributed by atoms with van der Waals surface area (Å²) in [5, 5.41) is 12.9. The normalized spacial score (nSPS) is 44.3. The molecule has 1 saturated carbocycles. The van der Waals surface area contributed by atoms with Gasteiger partial charge in [0.05, 0.1) is 0 Å². The predicted octanol–water partition coefficient (Wildman–Crippen LogP) is 1.80. The van der Waals surface area contributed by atoms with Crippen LogP contribution in [0.1, 0.15) is 20.3 Å². The van der Waals surface area contributed by atoms with Gasteiger partial charge in [0.2, 0.25) is 0 Å². The minimum absolute atomic E-state index is 0. The molecule has 2 fully saturated rings. The maximum Gasteiger partial charge on any atom is 0 e. The van der Waals surface area contributed by atoms with Crippen molar-refractivity contribution in [2.45, 2.75) is 26.4 Å². The topological polar surface area (TPSA) is 32.3 Å². The average Bonchev–Trinajstić information content (AvgIpc) is 2.26. The predicted molar refractivity (Wildman–Crippen MR) is 56.9 cm³/mol. The zero-order chi connectivity index (χ0) is 10.6. The molecule has 3 heteroatoms. The molecule has 1 radical (unpaired) electrons. The van der Waals surface area contributed by atoms with E-state index in [1.807, 2.05) is 6.42 Å². The maximum absolute atomic E-state index is 9.65. The standard InChI is InChI=1S/C12H17NO.Y/c1-8-11(3)6-5-10(14)7-12(11,4)9(2)13-8;/h6-7,10,13-14H,1-2,5H2,3-4H3;/q-2;. The van der Waals surface area contributed by atoms with Crippen LogP contribution >= 0.6 is 0 Å². The molecule has 3 unspecified atom stereocenters. The molecule has 1 aliphatic carbocycles. The summed E-state index contributed by atoms with van der Waals surface area (Å²) in [5.41, 5.74) is 1.60. The summed E-state index contributed by atoms with van der Waals surface area (Å²) < 4.78 is 0. The third kappa shape index (κ3) is 1.65. The molecule has 0 bridgehead atoms. The van der Waals surface area contributed by atoms with Crippen LogP contribution in [-0.2, 0) is 32.7 Å². The summed E-state index contributed by atoms with van der Waals surface area (Å²) in [4.78, 5) is 0. The Hall–Kier alpha value is 0.344. The molecule has 3 atom stereocenters. The largest absolute Gasteiger partial charge is 0.428 e. The van der Waals surface area contributed by atoms with E-state index in [1.165, 1.54) is 0 Å². The van der Waals surface area contributed by atoms with Gasteiger partial charge in [-0.3, -0.25) is 6.42 Å². The SMILES string of the molecule is C=C1NC(=C)C2(C)[CH-]C(O)C[CH-]C12C.[Y]. The van der Waals surface area contributed by atoms with E-state index < -0.39 is 0 Å². The fourth-order valence-corrected chi connectivity index (χ4v) is 2.49. The molecule has 0 amide bonds. The van der Waals surface area contributed by atoms with Gasteiger partial charge < -0.3 is 16.8 Å². The fraction of sp³-hybridized carbons (Fsp3) is 0.500. The minimum Gasteiger partial charge on any atom is -0.428 e. The number of rotatable bonds is 0. The first-order chi connectivity index (χ1) is 6.40. The Morgan fingerprint density at radius 2 is 1.87 bits per heavy atom. The van der Waals surface area contributed by atoms with Crippen LogP contribution in [0, 0.1) is 23.7 Å². The Bertz CT molecular complexity index is 315. The van der Waals surface area contributed by atoms with Gasteiger partial charge in [-0.25, -0.2) is 0 Å². The number of fused-ring (bicyclic) bond motifs is 1. The van der Waals surface area contributed by atoms with Gasteiger partial charge in [-0.05, 0) is 11.4 Å². The molecule has 0 spiro atoms. The summed E-state index contributed by atoms with van der Waals surface area (Å²) in [6.45, 7) is 12.3. The van der Waals surface area contributed by atoms with Crippen LogP contribution in [0.3, 0.4) is 0 Å². The maximum atomic E-state index is 9.65. The van der Waals surface area contributed by atoms with E-state index in [2.05, 4.69) is 38.7 Å². The van der Waals surface area contributed by atoms with Crippen molar-refractivity contribution in [2.75, 3.05) is 0 Å². The molecule has 1 heterocycles. The zero-order valence-electron chi connectivity index (χ0n) is 9.38.